The largest absolute Gasteiger partial charge is 0.357 e. The van der Waals surface area contributed by atoms with Crippen LogP contribution in [-0.2, 0) is 9.59 Å². The van der Waals surface area contributed by atoms with Gasteiger partial charge in [0.2, 0.25) is 5.91 Å². The molecule has 3 aliphatic rings. The predicted molar refractivity (Wildman–Crippen MR) is 155 cm³/mol. The number of hydrogen-bond acceptors (Lipinski definition) is 6. The van der Waals surface area contributed by atoms with Crippen molar-refractivity contribution in [3.63, 3.8) is 0 Å². The smallest absolute Gasteiger partial charge is 0.242 e. The number of carbonyl (C=O) groups is 2. The minimum absolute atomic E-state index is 0.0127. The van der Waals surface area contributed by atoms with Crippen LogP contribution in [0, 0.1) is 11.2 Å². The molecule has 1 atom stereocenters. The number of carbonyl (C=O) groups excluding carboxylic acids is 2. The van der Waals surface area contributed by atoms with Crippen LogP contribution < -0.4 is 15.1 Å². The molecule has 2 aliphatic heterocycles. The molecule has 2 aromatic carbocycles. The number of allylic oxidation sites excluding steroid dienone is 1. The maximum Gasteiger partial charge on any atom is 0.242 e. The van der Waals surface area contributed by atoms with Gasteiger partial charge < -0.3 is 20.0 Å². The minimum atomic E-state index is -0.727. The lowest BCUT2D eigenvalue weighted by atomic mass is 9.73. The zero-order chi connectivity index (χ0) is 27.9. The molecule has 0 radical (unpaired) electrons. The normalized spacial score (nSPS) is 20.4. The van der Waals surface area contributed by atoms with Gasteiger partial charge in [0.05, 0.1) is 24.0 Å². The number of Topliss-reactive ketones (excluding diaryl/α,β-unsaturated/α-hetero) is 1. The highest BCUT2D eigenvalue weighted by molar-refractivity contribution is 6.02. The molecule has 1 amide bonds. The van der Waals surface area contributed by atoms with E-state index in [2.05, 4.69) is 29.0 Å². The molecule has 7 nitrogen and oxygen atoms in total. The van der Waals surface area contributed by atoms with Crippen molar-refractivity contribution in [1.82, 2.24) is 9.88 Å². The van der Waals surface area contributed by atoms with Gasteiger partial charge in [-0.25, -0.2) is 9.37 Å². The van der Waals surface area contributed by atoms with E-state index in [9.17, 15) is 9.59 Å². The van der Waals surface area contributed by atoms with Gasteiger partial charge in [-0.2, -0.15) is 0 Å². The van der Waals surface area contributed by atoms with Crippen LogP contribution in [0.15, 0.2) is 84.2 Å². The van der Waals surface area contributed by atoms with E-state index in [1.54, 1.807) is 24.4 Å². The molecule has 0 saturated carbocycles. The van der Waals surface area contributed by atoms with Gasteiger partial charge in [0.1, 0.15) is 11.6 Å². The van der Waals surface area contributed by atoms with Crippen molar-refractivity contribution in [2.24, 2.45) is 5.41 Å². The second kappa shape index (κ2) is 10.4. The van der Waals surface area contributed by atoms with Crippen LogP contribution in [0.2, 0.25) is 0 Å². The van der Waals surface area contributed by atoms with Crippen LogP contribution >= 0.6 is 0 Å². The first-order chi connectivity index (χ1) is 19.3. The Kier molecular flexibility index (Phi) is 6.78. The summed E-state index contributed by atoms with van der Waals surface area (Å²) in [5, 5.41) is 3.53. The summed E-state index contributed by atoms with van der Waals surface area (Å²) in [7, 11) is 0. The molecule has 3 aromatic rings. The zero-order valence-electron chi connectivity index (χ0n) is 22.9. The number of halogens is 1. The Morgan fingerprint density at radius 1 is 0.975 bits per heavy atom. The summed E-state index contributed by atoms with van der Waals surface area (Å²) in [6.07, 6.45) is 2.80. The number of benzene rings is 2. The number of hydrogen-bond donors (Lipinski definition) is 1. The average Bonchev–Trinajstić information content (AvgIpc) is 3.07. The van der Waals surface area contributed by atoms with Crippen LogP contribution in [0.1, 0.15) is 38.3 Å². The lowest BCUT2D eigenvalue weighted by molar-refractivity contribution is -0.130. The number of fused-ring (bicyclic) bond motifs is 1. The van der Waals surface area contributed by atoms with Gasteiger partial charge in [0, 0.05) is 55.6 Å². The second-order valence-corrected chi connectivity index (χ2v) is 11.6. The maximum absolute atomic E-state index is 15.5. The fourth-order valence-electron chi connectivity index (χ4n) is 6.22. The number of nitrogens with one attached hydrogen (secondary N) is 1. The van der Waals surface area contributed by atoms with Gasteiger partial charge in [0.25, 0.3) is 0 Å². The van der Waals surface area contributed by atoms with Gasteiger partial charge >= 0.3 is 0 Å². The molecule has 0 bridgehead atoms. The molecule has 1 fully saturated rings. The molecule has 40 heavy (non-hydrogen) atoms. The molecular weight excluding hydrogens is 505 g/mol. The SMILES string of the molecule is CC1(C)CC(=O)C2=C(C1)Nc1ccccc1N(CC(=O)N1CCN(c3ccccn3)CC1)C2c1ccccc1F. The van der Waals surface area contributed by atoms with Gasteiger partial charge in [0.15, 0.2) is 5.78 Å². The van der Waals surface area contributed by atoms with E-state index in [0.717, 1.165) is 22.9 Å². The third-order valence-corrected chi connectivity index (χ3v) is 8.12. The van der Waals surface area contributed by atoms with Gasteiger partial charge in [-0.05, 0) is 42.2 Å². The van der Waals surface area contributed by atoms with Crippen molar-refractivity contribution in [2.75, 3.05) is 47.8 Å². The Bertz CT molecular complexity index is 1460. The summed E-state index contributed by atoms with van der Waals surface area (Å²) in [4.78, 5) is 38.1. The van der Waals surface area contributed by atoms with E-state index in [1.807, 2.05) is 52.3 Å². The first-order valence-electron chi connectivity index (χ1n) is 13.9. The molecule has 1 aliphatic carbocycles. The number of amides is 1. The highest BCUT2D eigenvalue weighted by atomic mass is 19.1. The van der Waals surface area contributed by atoms with E-state index in [-0.39, 0.29) is 23.7 Å². The number of nitrogens with zero attached hydrogens (tertiary/aromatic N) is 4. The quantitative estimate of drug-likeness (QED) is 0.493. The van der Waals surface area contributed by atoms with E-state index in [4.69, 9.17) is 0 Å². The molecule has 1 unspecified atom stereocenters. The van der Waals surface area contributed by atoms with Crippen molar-refractivity contribution in [3.8, 4) is 0 Å². The van der Waals surface area contributed by atoms with Gasteiger partial charge in [-0.3, -0.25) is 9.59 Å². The standard InChI is InChI=1S/C32H34FN5O2/c1-32(2)19-25-30(27(39)20-32)31(22-9-3-4-10-23(22)33)38(26-12-6-5-11-24(26)35-25)21-29(40)37-17-15-36(16-18-37)28-13-7-8-14-34-28/h3-14,31,35H,15-21H2,1-2H3. The Hall–Kier alpha value is -4.20. The van der Waals surface area contributed by atoms with Crippen LogP contribution in [0.25, 0.3) is 0 Å². The van der Waals surface area contributed by atoms with Gasteiger partial charge in [-0.15, -0.1) is 0 Å². The fourth-order valence-corrected chi connectivity index (χ4v) is 6.22. The zero-order valence-corrected chi connectivity index (χ0v) is 22.9. The topological polar surface area (TPSA) is 68.8 Å². The van der Waals surface area contributed by atoms with Crippen molar-refractivity contribution >= 4 is 28.9 Å². The highest BCUT2D eigenvalue weighted by Crippen LogP contribution is 2.48. The number of ketones is 1. The van der Waals surface area contributed by atoms with Crippen LogP contribution in [0.3, 0.4) is 0 Å². The summed E-state index contributed by atoms with van der Waals surface area (Å²) in [6, 6.07) is 19.4. The average molecular weight is 540 g/mol. The van der Waals surface area contributed by atoms with Crippen molar-refractivity contribution < 1.29 is 14.0 Å². The molecule has 1 N–H and O–H groups in total. The van der Waals surface area contributed by atoms with Crippen molar-refractivity contribution in [2.45, 2.75) is 32.7 Å². The molecular formula is C32H34FN5O2. The Labute approximate surface area is 234 Å². The van der Waals surface area contributed by atoms with E-state index in [1.165, 1.54) is 6.07 Å². The van der Waals surface area contributed by atoms with Crippen molar-refractivity contribution in [1.29, 1.82) is 0 Å². The van der Waals surface area contributed by atoms with Crippen LogP contribution in [0.5, 0.6) is 0 Å². The summed E-state index contributed by atoms with van der Waals surface area (Å²) in [5.74, 6) is 0.448. The Morgan fingerprint density at radius 3 is 2.45 bits per heavy atom. The Balaban J connectivity index is 1.37. The molecule has 6 rings (SSSR count). The molecule has 1 saturated heterocycles. The summed E-state index contributed by atoms with van der Waals surface area (Å²) in [5.41, 5.74) is 3.11. The lowest BCUT2D eigenvalue weighted by Crippen LogP contribution is -2.52. The summed E-state index contributed by atoms with van der Waals surface area (Å²) < 4.78 is 15.5. The lowest BCUT2D eigenvalue weighted by Gasteiger charge is -2.40. The number of aromatic nitrogens is 1. The first-order valence-corrected chi connectivity index (χ1v) is 13.9. The minimum Gasteiger partial charge on any atom is -0.357 e. The number of anilines is 3. The molecule has 1 aromatic heterocycles. The highest BCUT2D eigenvalue weighted by Gasteiger charge is 2.43. The Morgan fingerprint density at radius 2 is 1.70 bits per heavy atom. The molecule has 206 valence electrons. The van der Waals surface area contributed by atoms with Crippen LogP contribution in [-0.4, -0.2) is 54.3 Å². The number of rotatable bonds is 4. The molecule has 8 heteroatoms. The first kappa shape index (κ1) is 26.0. The van der Waals surface area contributed by atoms with Gasteiger partial charge in [-0.1, -0.05) is 50.2 Å². The van der Waals surface area contributed by atoms with E-state index in [0.29, 0.717) is 50.2 Å². The fraction of sp³-hybridized carbons (Fsp3) is 0.344. The van der Waals surface area contributed by atoms with E-state index < -0.39 is 11.9 Å². The maximum atomic E-state index is 15.5. The number of piperazine rings is 1. The van der Waals surface area contributed by atoms with Crippen molar-refractivity contribution in [3.05, 3.63) is 95.6 Å². The second-order valence-electron chi connectivity index (χ2n) is 11.6. The third kappa shape index (κ3) is 4.94. The van der Waals surface area contributed by atoms with E-state index >= 15 is 4.39 Å². The summed E-state index contributed by atoms with van der Waals surface area (Å²) >= 11 is 0. The third-order valence-electron chi connectivity index (χ3n) is 8.12. The molecule has 0 spiro atoms. The monoisotopic (exact) mass is 539 g/mol. The summed E-state index contributed by atoms with van der Waals surface area (Å²) in [6.45, 7) is 6.67. The number of pyridine rings is 1. The predicted octanol–water partition coefficient (Wildman–Crippen LogP) is 5.19. The van der Waals surface area contributed by atoms with Crippen LogP contribution in [0.4, 0.5) is 21.6 Å². The molecule has 3 heterocycles. The number of para-hydroxylation sites is 2.